The SMILES string of the molecule is [O-][S+](CC=CSSCc1ccc(F)cc1)Cc1ccccc1. The molecule has 1 unspecified atom stereocenters. The van der Waals surface area contributed by atoms with Gasteiger partial charge in [-0.1, -0.05) is 64.1 Å². The average Bonchev–Trinajstić information content (AvgIpc) is 2.53. The van der Waals surface area contributed by atoms with Crippen LogP contribution in [0.25, 0.3) is 0 Å². The Labute approximate surface area is 142 Å². The Hall–Kier alpha value is -0.880. The van der Waals surface area contributed by atoms with Crippen molar-refractivity contribution < 1.29 is 8.94 Å². The fourth-order valence-corrected chi connectivity index (χ4v) is 4.58. The molecule has 0 amide bonds. The second-order valence-corrected chi connectivity index (χ2v) is 8.37. The van der Waals surface area contributed by atoms with Crippen molar-refractivity contribution in [2.75, 3.05) is 5.75 Å². The van der Waals surface area contributed by atoms with E-state index in [4.69, 9.17) is 0 Å². The maximum atomic E-state index is 12.8. The van der Waals surface area contributed by atoms with Gasteiger partial charge < -0.3 is 4.55 Å². The van der Waals surface area contributed by atoms with Crippen LogP contribution in [0.4, 0.5) is 4.39 Å². The van der Waals surface area contributed by atoms with E-state index in [0.29, 0.717) is 11.5 Å². The monoisotopic (exact) mass is 352 g/mol. The minimum atomic E-state index is -0.866. The van der Waals surface area contributed by atoms with E-state index < -0.39 is 11.2 Å². The average molecular weight is 353 g/mol. The molecule has 0 saturated heterocycles. The van der Waals surface area contributed by atoms with E-state index in [1.54, 1.807) is 33.7 Å². The van der Waals surface area contributed by atoms with Gasteiger partial charge in [0.2, 0.25) is 0 Å². The fourth-order valence-electron chi connectivity index (χ4n) is 1.73. The van der Waals surface area contributed by atoms with Crippen LogP contribution >= 0.6 is 21.6 Å². The van der Waals surface area contributed by atoms with E-state index in [1.807, 2.05) is 41.8 Å². The molecule has 2 rings (SSSR count). The molecule has 116 valence electrons. The zero-order valence-electron chi connectivity index (χ0n) is 12.0. The van der Waals surface area contributed by atoms with Gasteiger partial charge in [0.15, 0.2) is 0 Å². The first kappa shape index (κ1) is 17.5. The summed E-state index contributed by atoms with van der Waals surface area (Å²) in [4.78, 5) is 0. The highest BCUT2D eigenvalue weighted by atomic mass is 33.1. The zero-order valence-corrected chi connectivity index (χ0v) is 14.4. The lowest BCUT2D eigenvalue weighted by Gasteiger charge is -2.08. The van der Waals surface area contributed by atoms with Crippen molar-refractivity contribution in [3.05, 3.63) is 83.0 Å². The number of hydrogen-bond donors (Lipinski definition) is 0. The smallest absolute Gasteiger partial charge is 0.130 e. The summed E-state index contributed by atoms with van der Waals surface area (Å²) in [5, 5.41) is 1.97. The highest BCUT2D eigenvalue weighted by Gasteiger charge is 2.04. The molecule has 0 heterocycles. The lowest BCUT2D eigenvalue weighted by atomic mass is 10.2. The summed E-state index contributed by atoms with van der Waals surface area (Å²) in [5.41, 5.74) is 2.20. The Morgan fingerprint density at radius 1 is 1.00 bits per heavy atom. The predicted molar refractivity (Wildman–Crippen MR) is 97.6 cm³/mol. The summed E-state index contributed by atoms with van der Waals surface area (Å²) in [6, 6.07) is 16.4. The van der Waals surface area contributed by atoms with Crippen LogP contribution < -0.4 is 0 Å². The van der Waals surface area contributed by atoms with Crippen LogP contribution in [-0.2, 0) is 22.7 Å². The van der Waals surface area contributed by atoms with Gasteiger partial charge in [-0.2, -0.15) is 0 Å². The van der Waals surface area contributed by atoms with Crippen molar-refractivity contribution in [2.45, 2.75) is 11.5 Å². The summed E-state index contributed by atoms with van der Waals surface area (Å²) in [6.45, 7) is 0. The molecular weight excluding hydrogens is 335 g/mol. The van der Waals surface area contributed by atoms with E-state index in [9.17, 15) is 8.94 Å². The molecule has 0 fully saturated rings. The Kier molecular flexibility index (Phi) is 7.94. The zero-order chi connectivity index (χ0) is 15.6. The molecule has 0 aliphatic carbocycles. The van der Waals surface area contributed by atoms with Crippen LogP contribution in [0.5, 0.6) is 0 Å². The Morgan fingerprint density at radius 2 is 1.73 bits per heavy atom. The summed E-state index contributed by atoms with van der Waals surface area (Å²) >= 11 is -0.866. The highest BCUT2D eigenvalue weighted by molar-refractivity contribution is 8.77. The summed E-state index contributed by atoms with van der Waals surface area (Å²) in [5.74, 6) is 1.78. The summed E-state index contributed by atoms with van der Waals surface area (Å²) in [7, 11) is 3.28. The van der Waals surface area contributed by atoms with Gasteiger partial charge >= 0.3 is 0 Å². The number of rotatable bonds is 8. The maximum absolute atomic E-state index is 12.8. The molecule has 0 aliphatic heterocycles. The van der Waals surface area contributed by atoms with Gasteiger partial charge in [-0.15, -0.1) is 0 Å². The molecule has 0 bridgehead atoms. The van der Waals surface area contributed by atoms with Crippen LogP contribution in [0.2, 0.25) is 0 Å². The Bertz CT molecular complexity index is 572. The van der Waals surface area contributed by atoms with Crippen LogP contribution in [0, 0.1) is 5.82 Å². The third kappa shape index (κ3) is 6.92. The van der Waals surface area contributed by atoms with E-state index >= 15 is 0 Å². The molecule has 5 heteroatoms. The van der Waals surface area contributed by atoms with Gasteiger partial charge in [0, 0.05) is 11.3 Å². The first-order valence-corrected chi connectivity index (χ1v) is 10.7. The van der Waals surface area contributed by atoms with E-state index in [2.05, 4.69) is 0 Å². The van der Waals surface area contributed by atoms with Gasteiger partial charge in [-0.25, -0.2) is 4.39 Å². The first-order valence-electron chi connectivity index (χ1n) is 6.80. The van der Waals surface area contributed by atoms with Crippen molar-refractivity contribution in [1.29, 1.82) is 0 Å². The largest absolute Gasteiger partial charge is 0.616 e. The number of halogens is 1. The van der Waals surface area contributed by atoms with Crippen molar-refractivity contribution in [2.24, 2.45) is 0 Å². The second-order valence-electron chi connectivity index (χ2n) is 4.59. The lowest BCUT2D eigenvalue weighted by molar-refractivity contribution is 0.597. The number of hydrogen-bond acceptors (Lipinski definition) is 3. The maximum Gasteiger partial charge on any atom is 0.130 e. The molecule has 0 N–H and O–H groups in total. The van der Waals surface area contributed by atoms with Crippen LogP contribution in [0.3, 0.4) is 0 Å². The summed E-state index contributed by atoms with van der Waals surface area (Å²) < 4.78 is 24.7. The molecule has 0 radical (unpaired) electrons. The van der Waals surface area contributed by atoms with Crippen LogP contribution in [-0.4, -0.2) is 10.3 Å². The molecule has 0 aromatic heterocycles. The van der Waals surface area contributed by atoms with E-state index in [1.165, 1.54) is 12.1 Å². The minimum absolute atomic E-state index is 0.206. The molecule has 2 aromatic rings. The Morgan fingerprint density at radius 3 is 2.45 bits per heavy atom. The lowest BCUT2D eigenvalue weighted by Crippen LogP contribution is -2.07. The topological polar surface area (TPSA) is 23.1 Å². The van der Waals surface area contributed by atoms with Gasteiger partial charge in [0.1, 0.15) is 17.3 Å². The molecule has 0 saturated carbocycles. The van der Waals surface area contributed by atoms with E-state index in [0.717, 1.165) is 16.9 Å². The first-order chi connectivity index (χ1) is 10.7. The molecule has 1 nitrogen and oxygen atoms in total. The molecule has 0 spiro atoms. The quantitative estimate of drug-likeness (QED) is 0.372. The van der Waals surface area contributed by atoms with Crippen molar-refractivity contribution >= 4 is 32.8 Å². The molecule has 0 aliphatic rings. The molecule has 22 heavy (non-hydrogen) atoms. The van der Waals surface area contributed by atoms with Gasteiger partial charge in [-0.3, -0.25) is 0 Å². The van der Waals surface area contributed by atoms with Crippen LogP contribution in [0.15, 0.2) is 66.1 Å². The molecular formula is C17H17FOS3. The third-order valence-corrected chi connectivity index (χ3v) is 6.02. The molecule has 2 aromatic carbocycles. The molecule has 1 atom stereocenters. The minimum Gasteiger partial charge on any atom is -0.616 e. The van der Waals surface area contributed by atoms with Crippen molar-refractivity contribution in [3.63, 3.8) is 0 Å². The predicted octanol–water partition coefficient (Wildman–Crippen LogP) is 5.17. The van der Waals surface area contributed by atoms with Crippen molar-refractivity contribution in [1.82, 2.24) is 0 Å². The van der Waals surface area contributed by atoms with E-state index in [-0.39, 0.29) is 5.82 Å². The highest BCUT2D eigenvalue weighted by Crippen LogP contribution is 2.27. The van der Waals surface area contributed by atoms with Gasteiger partial charge in [0.25, 0.3) is 0 Å². The third-order valence-electron chi connectivity index (χ3n) is 2.81. The summed E-state index contributed by atoms with van der Waals surface area (Å²) in [6.07, 6.45) is 1.95. The van der Waals surface area contributed by atoms with Crippen LogP contribution in [0.1, 0.15) is 11.1 Å². The standard InChI is InChI=1S/C17H17FOS3/c18-17-9-7-15(8-10-17)13-21-20-11-4-12-22(19)14-16-5-2-1-3-6-16/h1-11H,12-14H2. The van der Waals surface area contributed by atoms with Gasteiger partial charge in [0.05, 0.1) is 0 Å². The fraction of sp³-hybridized carbons (Fsp3) is 0.176. The number of benzene rings is 2. The normalized spacial score (nSPS) is 12.6. The second kappa shape index (κ2) is 10.0. The van der Waals surface area contributed by atoms with Gasteiger partial charge in [-0.05, 0) is 40.4 Å². The van der Waals surface area contributed by atoms with Crippen molar-refractivity contribution in [3.8, 4) is 0 Å². The Balaban J connectivity index is 1.60.